The van der Waals surface area contributed by atoms with E-state index in [1.165, 1.54) is 30.5 Å². The van der Waals surface area contributed by atoms with Gasteiger partial charge in [-0.3, -0.25) is 52.9 Å². The van der Waals surface area contributed by atoms with Crippen LogP contribution in [0.4, 0.5) is 0 Å². The maximum Gasteiger partial charge on any atom is 0.245 e. The molecule has 10 amide bonds. The lowest BCUT2D eigenvalue weighted by atomic mass is 10.0. The molecular weight excluding hydrogens is 1160 g/mol. The highest BCUT2D eigenvalue weighted by molar-refractivity contribution is 6.30. The van der Waals surface area contributed by atoms with Crippen molar-refractivity contribution in [3.05, 3.63) is 102 Å². The molecule has 0 fully saturated rings. The smallest absolute Gasteiger partial charge is 0.245 e. The molecule has 7 atom stereocenters. The summed E-state index contributed by atoms with van der Waals surface area (Å²) in [5.41, 5.74) is 19.3. The first kappa shape index (κ1) is 72.1. The fourth-order valence-corrected chi connectivity index (χ4v) is 8.72. The number of phenols is 1. The lowest BCUT2D eigenvalue weighted by Gasteiger charge is -2.28. The number of nitrogens with two attached hydrogens (primary N) is 4. The first-order chi connectivity index (χ1) is 42.7. The van der Waals surface area contributed by atoms with Crippen LogP contribution in [0.5, 0.6) is 5.75 Å². The van der Waals surface area contributed by atoms with Crippen LogP contribution in [0, 0.1) is 0 Å². The van der Waals surface area contributed by atoms with Gasteiger partial charge in [0.15, 0.2) is 0 Å². The zero-order valence-electron chi connectivity index (χ0n) is 49.5. The lowest BCUT2D eigenvalue weighted by molar-refractivity contribution is -0.137. The van der Waals surface area contributed by atoms with Gasteiger partial charge in [0.25, 0.3) is 0 Å². The van der Waals surface area contributed by atoms with Crippen molar-refractivity contribution in [1.82, 2.24) is 42.2 Å². The van der Waals surface area contributed by atoms with E-state index in [-0.39, 0.29) is 83.1 Å². The van der Waals surface area contributed by atoms with Crippen molar-refractivity contribution in [2.45, 2.75) is 113 Å². The Morgan fingerprint density at radius 3 is 1.73 bits per heavy atom. The van der Waals surface area contributed by atoms with Gasteiger partial charge in [0, 0.05) is 74.9 Å². The summed E-state index contributed by atoms with van der Waals surface area (Å²) in [7, 11) is 0. The number of aromatic hydroxyl groups is 1. The Balaban J connectivity index is 1.43. The van der Waals surface area contributed by atoms with Crippen molar-refractivity contribution in [2.75, 3.05) is 59.3 Å². The molecule has 4 rings (SSSR count). The van der Waals surface area contributed by atoms with E-state index < -0.39 is 108 Å². The molecule has 89 heavy (non-hydrogen) atoms. The van der Waals surface area contributed by atoms with Gasteiger partial charge in [-0.1, -0.05) is 60.7 Å². The number of ether oxygens (including phenoxy) is 3. The van der Waals surface area contributed by atoms with Gasteiger partial charge in [-0.2, -0.15) is 5.10 Å². The average molecular weight is 1240 g/mol. The number of hydrogen-bond acceptors (Lipinski definition) is 19. The fraction of sp³-hybridized carbons (Fsp3) is 0.458. The second-order valence-electron chi connectivity index (χ2n) is 20.5. The maximum atomic E-state index is 14.5. The number of benzene rings is 3. The molecule has 0 unspecified atom stereocenters. The third kappa shape index (κ3) is 27.5. The van der Waals surface area contributed by atoms with Gasteiger partial charge in [0.2, 0.25) is 59.1 Å². The molecular formula is C59H82N14O16. The normalized spacial score (nSPS) is 13.8. The Morgan fingerprint density at radius 1 is 0.584 bits per heavy atom. The molecule has 1 aromatic heterocycles. The van der Waals surface area contributed by atoms with E-state index in [1.807, 2.05) is 0 Å². The van der Waals surface area contributed by atoms with Crippen molar-refractivity contribution in [3.63, 3.8) is 0 Å². The Labute approximate surface area is 513 Å². The van der Waals surface area contributed by atoms with Crippen LogP contribution in [0.25, 0.3) is 10.9 Å². The van der Waals surface area contributed by atoms with Gasteiger partial charge in [-0.25, -0.2) is 0 Å². The molecule has 3 aromatic carbocycles. The molecule has 0 aliphatic rings. The molecule has 19 N–H and O–H groups in total. The number of aliphatic hydroxyl groups excluding tert-OH is 2. The van der Waals surface area contributed by atoms with Crippen LogP contribution in [-0.4, -0.2) is 193 Å². The van der Waals surface area contributed by atoms with Gasteiger partial charge in [-0.15, -0.1) is 0 Å². The quantitative estimate of drug-likeness (QED) is 0.00905. The van der Waals surface area contributed by atoms with Crippen molar-refractivity contribution >= 4 is 81.9 Å². The van der Waals surface area contributed by atoms with Crippen molar-refractivity contribution < 1.29 is 77.5 Å². The first-order valence-electron chi connectivity index (χ1n) is 28.8. The van der Waals surface area contributed by atoms with Crippen LogP contribution in [0.15, 0.2) is 95.2 Å². The summed E-state index contributed by atoms with van der Waals surface area (Å²) in [5.74, 6) is -3.90. The van der Waals surface area contributed by atoms with Crippen LogP contribution in [0.1, 0.15) is 68.6 Å². The van der Waals surface area contributed by atoms with E-state index in [0.717, 1.165) is 6.92 Å². The van der Waals surface area contributed by atoms with Crippen LogP contribution >= 0.6 is 0 Å². The molecule has 0 radical (unpaired) electrons. The second kappa shape index (κ2) is 39.4. The predicted molar refractivity (Wildman–Crippen MR) is 325 cm³/mol. The van der Waals surface area contributed by atoms with Gasteiger partial charge < -0.3 is 94.8 Å². The molecule has 0 aliphatic heterocycles. The number of unbranched alkanes of at least 4 members (excludes halogenated alkanes) is 1. The Bertz CT molecular complexity index is 3020. The highest BCUT2D eigenvalue weighted by Gasteiger charge is 2.36. The minimum atomic E-state index is -1.85. The molecule has 0 aliphatic carbocycles. The van der Waals surface area contributed by atoms with Gasteiger partial charge in [-0.05, 0) is 54.7 Å². The molecule has 30 heteroatoms. The zero-order valence-corrected chi connectivity index (χ0v) is 49.5. The molecule has 0 saturated heterocycles. The van der Waals surface area contributed by atoms with E-state index in [4.69, 9.17) is 42.4 Å². The number of aromatic nitrogens is 1. The van der Waals surface area contributed by atoms with Crippen LogP contribution in [-0.2, 0) is 81.4 Å². The molecule has 0 saturated carbocycles. The van der Waals surface area contributed by atoms with E-state index in [0.29, 0.717) is 72.6 Å². The number of aliphatic hydroxyl groups is 2. The highest BCUT2D eigenvalue weighted by atomic mass is 16.5. The zero-order chi connectivity index (χ0) is 65.1. The third-order valence-corrected chi connectivity index (χ3v) is 13.3. The van der Waals surface area contributed by atoms with Crippen LogP contribution < -0.4 is 60.3 Å². The monoisotopic (exact) mass is 1240 g/mol. The summed E-state index contributed by atoms with van der Waals surface area (Å²) < 4.78 is 15.9. The maximum absolute atomic E-state index is 14.5. The van der Waals surface area contributed by atoms with E-state index in [1.54, 1.807) is 60.8 Å². The number of amides is 10. The largest absolute Gasteiger partial charge is 0.508 e. The Hall–Kier alpha value is -9.36. The fourth-order valence-electron chi connectivity index (χ4n) is 8.72. The number of nitrogens with zero attached hydrogens (tertiary/aromatic N) is 2. The number of phenolic OH excluding ortho intramolecular Hbond substituents is 1. The average Bonchev–Trinajstić information content (AvgIpc) is 2.77. The first-order valence-corrected chi connectivity index (χ1v) is 28.8. The number of aromatic amines is 1. The summed E-state index contributed by atoms with van der Waals surface area (Å²) in [6, 6.07) is 11.4. The van der Waals surface area contributed by atoms with E-state index in [2.05, 4.69) is 52.3 Å². The number of carbonyl (C=O) groups excluding carboxylic acids is 10. The summed E-state index contributed by atoms with van der Waals surface area (Å²) in [6.07, 6.45) is 0.0202. The lowest BCUT2D eigenvalue weighted by Crippen LogP contribution is -2.62. The number of carbonyl (C=O) groups is 10. The second-order valence-corrected chi connectivity index (χ2v) is 20.5. The molecule has 1 heterocycles. The molecule has 4 aromatic rings. The van der Waals surface area contributed by atoms with Crippen molar-refractivity contribution in [3.8, 4) is 5.75 Å². The number of H-pyrrole nitrogens is 1. The molecule has 484 valence electrons. The van der Waals surface area contributed by atoms with Crippen molar-refractivity contribution in [2.24, 2.45) is 33.1 Å². The van der Waals surface area contributed by atoms with Gasteiger partial charge >= 0.3 is 0 Å². The number of nitrogens with one attached hydrogen (secondary N) is 8. The SMILES string of the molecule is C[C@@H](O)[C@H](NC(=O)[C@H](CC(N)=O)NC(=O)[C@H](Cc1c[nH]c2ccccc12)NC(=O)[C@H](CC(N)=O)NC(=O)[C@@H](Cc1ccc(O)cc1)NC(=O)CCCCN=CC(CCC(=O)NCCOCCOCCOCCO)=NN)C(=O)N[C@@H](Cc1ccccc1)C(N)=O. The number of hydrogen-bond donors (Lipinski definition) is 15. The topological polar surface area (TPSA) is 488 Å². The Morgan fingerprint density at radius 2 is 1.12 bits per heavy atom. The number of para-hydroxylation sites is 1. The Kier molecular flexibility index (Phi) is 32.0. The minimum Gasteiger partial charge on any atom is -0.508 e. The molecule has 0 spiro atoms. The third-order valence-electron chi connectivity index (χ3n) is 13.3. The van der Waals surface area contributed by atoms with Gasteiger partial charge in [0.05, 0.1) is 70.9 Å². The van der Waals surface area contributed by atoms with Crippen LogP contribution in [0.3, 0.4) is 0 Å². The number of rotatable bonds is 43. The number of hydrazone groups is 1. The highest BCUT2D eigenvalue weighted by Crippen LogP contribution is 2.20. The van der Waals surface area contributed by atoms with Gasteiger partial charge in [0.1, 0.15) is 42.0 Å². The van der Waals surface area contributed by atoms with E-state index in [9.17, 15) is 58.2 Å². The summed E-state index contributed by atoms with van der Waals surface area (Å²) in [5, 5.41) is 51.1. The van der Waals surface area contributed by atoms with Crippen LogP contribution in [0.2, 0.25) is 0 Å². The van der Waals surface area contributed by atoms with E-state index >= 15 is 0 Å². The summed E-state index contributed by atoms with van der Waals surface area (Å²) in [6.45, 7) is 3.52. The molecule has 0 bridgehead atoms. The summed E-state index contributed by atoms with van der Waals surface area (Å²) >= 11 is 0. The predicted octanol–water partition coefficient (Wildman–Crippen LogP) is -3.08. The molecule has 30 nitrogen and oxygen atoms in total. The number of aliphatic imine (C=N–C) groups is 1. The number of primary amides is 3. The summed E-state index contributed by atoms with van der Waals surface area (Å²) in [4.78, 5) is 141. The number of fused-ring (bicyclic) bond motifs is 1. The van der Waals surface area contributed by atoms with Crippen molar-refractivity contribution in [1.29, 1.82) is 0 Å². The minimum absolute atomic E-state index is 0.0442. The standard InChI is InChI=1S/C59H82N14O16/c1-36(75)53(59(86)68-44(54(62)81)29-37-9-3-2-4-10-37)72-58(85)48(33-50(61)78)71-56(83)46(31-39-34-66-43-12-6-5-11-42(39)43)69-57(84)47(32-49(60)77)70-55(82)45(30-38-14-17-41(76)18-15-38)67-52(80)13-7-8-20-64-35-40(73-63)16-19-51(79)65-21-23-87-25-27-89-28-26-88-24-22-74/h2-6,9-12,14-15,17-18,34-36,44-48,53,66,74-76H,7-8,13,16,19-33,63H2,1H3,(H2,60,77)(H2,61,78)(H2,62,81)(H,65,79)(H,67,80)(H,68,86)(H,69,84)(H,70,82)(H,71,83)(H,72,85)/t36-,44+,45-,46+,47+,48+,53+/m1/s1.